The van der Waals surface area contributed by atoms with Gasteiger partial charge in [0.15, 0.2) is 12.4 Å². The number of aryl methyl sites for hydroxylation is 1. The molecule has 1 aliphatic heterocycles. The monoisotopic (exact) mass is 459 g/mol. The number of anilines is 1. The van der Waals surface area contributed by atoms with Gasteiger partial charge in [-0.2, -0.15) is 5.10 Å². The predicted octanol–water partition coefficient (Wildman–Crippen LogP) is 5.09. The fraction of sp³-hybridized carbons (Fsp3) is 0.286. The number of rotatable bonds is 7. The first-order valence-electron chi connectivity index (χ1n) is 11.9. The van der Waals surface area contributed by atoms with Crippen LogP contribution in [0.5, 0.6) is 0 Å². The van der Waals surface area contributed by atoms with E-state index in [-0.39, 0.29) is 11.8 Å². The van der Waals surface area contributed by atoms with Gasteiger partial charge >= 0.3 is 0 Å². The highest BCUT2D eigenvalue weighted by Gasteiger charge is 2.34. The molecule has 0 spiro atoms. The Morgan fingerprint density at radius 2 is 1.35 bits per heavy atom. The minimum absolute atomic E-state index is 0.220. The van der Waals surface area contributed by atoms with Gasteiger partial charge in [-0.05, 0) is 30.7 Å². The quantitative estimate of drug-likeness (QED) is 0.214. The maximum absolute atomic E-state index is 12.6. The molecule has 0 fully saturated rings. The van der Waals surface area contributed by atoms with Gasteiger partial charge in [0, 0.05) is 30.8 Å². The molecule has 2 aromatic carbocycles. The molecular weight excluding hydrogens is 424 g/mol. The van der Waals surface area contributed by atoms with Crippen LogP contribution in [0.4, 0.5) is 5.69 Å². The summed E-state index contributed by atoms with van der Waals surface area (Å²) in [4.78, 5) is 26.4. The maximum atomic E-state index is 12.6. The Morgan fingerprint density at radius 3 is 1.91 bits per heavy atom. The second-order valence-corrected chi connectivity index (χ2v) is 7.16. The zero-order valence-corrected chi connectivity index (χ0v) is 20.8. The summed E-state index contributed by atoms with van der Waals surface area (Å²) in [6, 6.07) is 20.8. The summed E-state index contributed by atoms with van der Waals surface area (Å²) in [7, 11) is 1.97. The Kier molecular flexibility index (Phi) is 10.6. The second-order valence-electron chi connectivity index (χ2n) is 7.16. The molecule has 0 saturated carbocycles. The Hall–Kier alpha value is -3.80. The third-order valence-electron chi connectivity index (χ3n) is 5.03. The first-order valence-corrected chi connectivity index (χ1v) is 11.9. The molecule has 0 atom stereocenters. The number of para-hydroxylation sites is 1. The normalized spacial score (nSPS) is 12.0. The van der Waals surface area contributed by atoms with Crippen molar-refractivity contribution in [2.24, 2.45) is 12.1 Å². The van der Waals surface area contributed by atoms with Gasteiger partial charge in [0.1, 0.15) is 7.05 Å². The summed E-state index contributed by atoms with van der Waals surface area (Å²) >= 11 is 0. The molecule has 1 aliphatic rings. The Labute approximate surface area is 203 Å². The van der Waals surface area contributed by atoms with Gasteiger partial charge in [0.2, 0.25) is 0 Å². The van der Waals surface area contributed by atoms with Crippen LogP contribution in [-0.2, 0) is 7.05 Å². The predicted molar refractivity (Wildman–Crippen MR) is 138 cm³/mol. The molecule has 6 heteroatoms. The van der Waals surface area contributed by atoms with Crippen LogP contribution in [0, 0.1) is 0 Å². The van der Waals surface area contributed by atoms with Crippen molar-refractivity contribution in [1.29, 1.82) is 0 Å². The lowest BCUT2D eigenvalue weighted by Gasteiger charge is -2.21. The minimum atomic E-state index is -0.220. The number of pyridine rings is 1. The lowest BCUT2D eigenvalue weighted by Crippen LogP contribution is -2.32. The molecule has 34 heavy (non-hydrogen) atoms. The molecule has 0 aliphatic carbocycles. The number of benzene rings is 2. The summed E-state index contributed by atoms with van der Waals surface area (Å²) in [6.07, 6.45) is 6.36. The summed E-state index contributed by atoms with van der Waals surface area (Å²) < 4.78 is 1.97. The van der Waals surface area contributed by atoms with E-state index in [1.807, 2.05) is 105 Å². The molecule has 4 rings (SSSR count). The number of fused-ring (bicyclic) bond motifs is 1. The first kappa shape index (κ1) is 26.5. The fourth-order valence-corrected chi connectivity index (χ4v) is 3.41. The SMILES string of the molecule is CC.CC.C[n+]1ccc(/C=N/N(CCCN2C(=O)c3ccccc3C2=O)c2ccccc2)cc1. The largest absolute Gasteiger partial charge is 0.274 e. The van der Waals surface area contributed by atoms with Gasteiger partial charge in [-0.15, -0.1) is 0 Å². The smallest absolute Gasteiger partial charge is 0.261 e. The van der Waals surface area contributed by atoms with Crippen molar-refractivity contribution >= 4 is 23.7 Å². The third kappa shape index (κ3) is 6.61. The number of carbonyl (C=O) groups is 2. The molecule has 1 aromatic heterocycles. The summed E-state index contributed by atoms with van der Waals surface area (Å²) in [5.74, 6) is -0.440. The number of hydrogen-bond donors (Lipinski definition) is 0. The number of amides is 2. The molecule has 0 radical (unpaired) electrons. The van der Waals surface area contributed by atoms with Crippen LogP contribution >= 0.6 is 0 Å². The van der Waals surface area contributed by atoms with E-state index in [2.05, 4.69) is 5.10 Å². The molecule has 178 valence electrons. The van der Waals surface area contributed by atoms with Crippen LogP contribution in [0.25, 0.3) is 0 Å². The number of hydrazone groups is 1. The molecule has 2 heterocycles. The minimum Gasteiger partial charge on any atom is -0.274 e. The van der Waals surface area contributed by atoms with E-state index in [0.717, 1.165) is 11.3 Å². The second kappa shape index (κ2) is 13.7. The number of hydrogen-bond acceptors (Lipinski definition) is 4. The topological polar surface area (TPSA) is 56.9 Å². The van der Waals surface area contributed by atoms with E-state index < -0.39 is 0 Å². The van der Waals surface area contributed by atoms with Crippen LogP contribution in [-0.4, -0.2) is 36.0 Å². The number of aromatic nitrogens is 1. The van der Waals surface area contributed by atoms with E-state index in [4.69, 9.17) is 0 Å². The van der Waals surface area contributed by atoms with E-state index in [0.29, 0.717) is 30.6 Å². The van der Waals surface area contributed by atoms with Crippen molar-refractivity contribution in [3.8, 4) is 0 Å². The summed E-state index contributed by atoms with van der Waals surface area (Å²) in [5.41, 5.74) is 2.92. The zero-order chi connectivity index (χ0) is 24.9. The van der Waals surface area contributed by atoms with Crippen molar-refractivity contribution in [3.05, 3.63) is 95.8 Å². The molecule has 0 saturated heterocycles. The molecule has 0 N–H and O–H groups in total. The highest BCUT2D eigenvalue weighted by Crippen LogP contribution is 2.23. The molecule has 0 bridgehead atoms. The lowest BCUT2D eigenvalue weighted by molar-refractivity contribution is -0.671. The van der Waals surface area contributed by atoms with Crippen LogP contribution < -0.4 is 9.58 Å². The van der Waals surface area contributed by atoms with Crippen LogP contribution in [0.3, 0.4) is 0 Å². The Bertz CT molecular complexity index is 1040. The first-order chi connectivity index (χ1) is 16.6. The van der Waals surface area contributed by atoms with Gasteiger partial charge in [-0.3, -0.25) is 19.5 Å². The van der Waals surface area contributed by atoms with Gasteiger partial charge in [-0.25, -0.2) is 4.57 Å². The van der Waals surface area contributed by atoms with Crippen molar-refractivity contribution in [2.75, 3.05) is 18.1 Å². The number of nitrogens with zero attached hydrogens (tertiary/aromatic N) is 4. The average molecular weight is 460 g/mol. The van der Waals surface area contributed by atoms with Crippen molar-refractivity contribution in [3.63, 3.8) is 0 Å². The van der Waals surface area contributed by atoms with Crippen LogP contribution in [0.2, 0.25) is 0 Å². The van der Waals surface area contributed by atoms with Crippen LogP contribution in [0.1, 0.15) is 60.4 Å². The van der Waals surface area contributed by atoms with E-state index in [1.165, 1.54) is 4.90 Å². The summed E-state index contributed by atoms with van der Waals surface area (Å²) in [5, 5.41) is 6.54. The van der Waals surface area contributed by atoms with E-state index >= 15 is 0 Å². The lowest BCUT2D eigenvalue weighted by atomic mass is 10.1. The average Bonchev–Trinajstić information content (AvgIpc) is 3.15. The van der Waals surface area contributed by atoms with E-state index in [1.54, 1.807) is 24.3 Å². The van der Waals surface area contributed by atoms with Gasteiger partial charge in [0.05, 0.1) is 23.0 Å². The number of carbonyl (C=O) groups excluding carboxylic acids is 2. The molecule has 2 amide bonds. The highest BCUT2D eigenvalue weighted by molar-refractivity contribution is 6.21. The fourth-order valence-electron chi connectivity index (χ4n) is 3.41. The van der Waals surface area contributed by atoms with Gasteiger partial charge in [-0.1, -0.05) is 58.0 Å². The van der Waals surface area contributed by atoms with E-state index in [9.17, 15) is 9.59 Å². The highest BCUT2D eigenvalue weighted by atomic mass is 16.2. The molecular formula is C28H35N4O2+. The zero-order valence-electron chi connectivity index (χ0n) is 20.8. The van der Waals surface area contributed by atoms with Gasteiger partial charge in [0.25, 0.3) is 11.8 Å². The molecule has 6 nitrogen and oxygen atoms in total. The standard InChI is InChI=1S/C24H23N4O2.2C2H6/c1-26-16-12-19(13-17-26)18-25-28(20-8-3-2-4-9-20)15-7-14-27-23(29)21-10-5-6-11-22(21)24(27)30;2*1-2/h2-6,8-13,16-18H,7,14-15H2,1H3;2*1-2H3/q+1;;. The Balaban J connectivity index is 0.000000970. The molecule has 0 unspecified atom stereocenters. The third-order valence-corrected chi connectivity index (χ3v) is 5.03. The Morgan fingerprint density at radius 1 is 0.824 bits per heavy atom. The van der Waals surface area contributed by atoms with Crippen molar-refractivity contribution in [2.45, 2.75) is 34.1 Å². The maximum Gasteiger partial charge on any atom is 0.261 e. The summed E-state index contributed by atoms with van der Waals surface area (Å²) in [6.45, 7) is 8.93. The van der Waals surface area contributed by atoms with Gasteiger partial charge < -0.3 is 0 Å². The van der Waals surface area contributed by atoms with Crippen molar-refractivity contribution in [1.82, 2.24) is 4.90 Å². The van der Waals surface area contributed by atoms with Crippen LogP contribution in [0.15, 0.2) is 84.2 Å². The number of imide groups is 1. The van der Waals surface area contributed by atoms with Crippen molar-refractivity contribution < 1.29 is 14.2 Å². The molecule has 3 aromatic rings.